The minimum Gasteiger partial charge on any atom is -0.295 e. The topological polar surface area (TPSA) is 60.2 Å². The van der Waals surface area contributed by atoms with Crippen molar-refractivity contribution in [1.82, 2.24) is 0 Å². The first-order valence-corrected chi connectivity index (χ1v) is 6.97. The highest BCUT2D eigenvalue weighted by atomic mass is 32.2. The van der Waals surface area contributed by atoms with Gasteiger partial charge < -0.3 is 0 Å². The van der Waals surface area contributed by atoms with Crippen LogP contribution in [0.3, 0.4) is 0 Å². The quantitative estimate of drug-likeness (QED) is 0.245. The molecule has 0 aliphatic carbocycles. The van der Waals surface area contributed by atoms with Crippen molar-refractivity contribution in [2.75, 3.05) is 5.75 Å². The number of hydrogen-bond donors (Lipinski definition) is 0. The number of carbonyl (C=O) groups excluding carboxylic acids is 1. The second-order valence-electron chi connectivity index (χ2n) is 4.05. The molecule has 0 atom stereocenters. The molecule has 0 radical (unpaired) electrons. The van der Waals surface area contributed by atoms with Gasteiger partial charge in [-0.15, -0.1) is 11.8 Å². The van der Waals surface area contributed by atoms with Crippen LogP contribution >= 0.6 is 11.8 Å². The minimum absolute atomic E-state index is 0.0317. The van der Waals surface area contributed by atoms with E-state index in [1.54, 1.807) is 12.1 Å². The van der Waals surface area contributed by atoms with Crippen LogP contribution in [-0.2, 0) is 0 Å². The maximum absolute atomic E-state index is 11.2. The largest absolute Gasteiger partial charge is 0.295 e. The van der Waals surface area contributed by atoms with Crippen LogP contribution in [0, 0.1) is 10.1 Å². The van der Waals surface area contributed by atoms with Gasteiger partial charge in [-0.1, -0.05) is 19.8 Å². The van der Waals surface area contributed by atoms with Crippen molar-refractivity contribution in [3.63, 3.8) is 0 Å². The van der Waals surface area contributed by atoms with Crippen LogP contribution in [0.15, 0.2) is 23.1 Å². The van der Waals surface area contributed by atoms with E-state index in [9.17, 15) is 14.9 Å². The number of nitro groups is 1. The molecule has 0 aliphatic heterocycles. The first-order chi connectivity index (χ1) is 8.56. The maximum atomic E-state index is 11.2. The Labute approximate surface area is 111 Å². The zero-order valence-corrected chi connectivity index (χ0v) is 11.5. The van der Waals surface area contributed by atoms with Gasteiger partial charge in [-0.05, 0) is 31.2 Å². The third-order valence-corrected chi connectivity index (χ3v) is 3.72. The number of unbranched alkanes of at least 4 members (excludes halogenated alkanes) is 2. The fourth-order valence-corrected chi connectivity index (χ4v) is 2.55. The maximum Gasteiger partial charge on any atom is 0.283 e. The van der Waals surface area contributed by atoms with Crippen LogP contribution in [0.25, 0.3) is 0 Å². The Morgan fingerprint density at radius 1 is 1.39 bits per heavy atom. The Balaban J connectivity index is 2.83. The molecule has 18 heavy (non-hydrogen) atoms. The second kappa shape index (κ2) is 7.16. The molecule has 0 aromatic heterocycles. The van der Waals surface area contributed by atoms with Gasteiger partial charge in [0.05, 0.1) is 9.82 Å². The molecule has 98 valence electrons. The second-order valence-corrected chi connectivity index (χ2v) is 5.19. The summed E-state index contributed by atoms with van der Waals surface area (Å²) in [7, 11) is 0. The minimum atomic E-state index is -0.422. The lowest BCUT2D eigenvalue weighted by Crippen LogP contribution is -1.97. The van der Waals surface area contributed by atoms with Crippen molar-refractivity contribution < 1.29 is 9.72 Å². The molecule has 0 unspecified atom stereocenters. The van der Waals surface area contributed by atoms with Gasteiger partial charge in [0.25, 0.3) is 5.69 Å². The molecule has 0 aliphatic rings. The number of thioether (sulfide) groups is 1. The van der Waals surface area contributed by atoms with Gasteiger partial charge in [0.15, 0.2) is 5.78 Å². The summed E-state index contributed by atoms with van der Waals surface area (Å²) in [6.45, 7) is 3.53. The molecule has 0 heterocycles. The van der Waals surface area contributed by atoms with Crippen LogP contribution in [0.1, 0.15) is 43.5 Å². The number of nitrogens with zero attached hydrogens (tertiary/aromatic N) is 1. The lowest BCUT2D eigenvalue weighted by Gasteiger charge is -2.04. The van der Waals surface area contributed by atoms with E-state index in [1.807, 2.05) is 0 Å². The first-order valence-electron chi connectivity index (χ1n) is 5.98. The third kappa shape index (κ3) is 4.14. The van der Waals surface area contributed by atoms with Gasteiger partial charge in [0.2, 0.25) is 0 Å². The predicted molar refractivity (Wildman–Crippen MR) is 73.3 cm³/mol. The van der Waals surface area contributed by atoms with Crippen LogP contribution in [0.5, 0.6) is 0 Å². The van der Waals surface area contributed by atoms with E-state index in [0.29, 0.717) is 10.5 Å². The molecule has 0 saturated carbocycles. The van der Waals surface area contributed by atoms with Crippen LogP contribution in [0.2, 0.25) is 0 Å². The SMILES string of the molecule is CCCCCSc1ccc(C(C)=O)cc1[N+](=O)[O-]. The van der Waals surface area contributed by atoms with Crippen LogP contribution in [0.4, 0.5) is 5.69 Å². The number of rotatable bonds is 7. The average molecular weight is 267 g/mol. The average Bonchev–Trinajstić information content (AvgIpc) is 2.34. The van der Waals surface area contributed by atoms with E-state index in [-0.39, 0.29) is 11.5 Å². The highest BCUT2D eigenvalue weighted by Gasteiger charge is 2.16. The first kappa shape index (κ1) is 14.7. The molecule has 1 aromatic rings. The molecular weight excluding hydrogens is 250 g/mol. The summed E-state index contributed by atoms with van der Waals surface area (Å²) in [6, 6.07) is 4.69. The van der Waals surface area contributed by atoms with E-state index in [1.165, 1.54) is 24.8 Å². The Hall–Kier alpha value is -1.36. The molecule has 0 fully saturated rings. The molecular formula is C13H17NO3S. The third-order valence-electron chi connectivity index (χ3n) is 2.57. The molecule has 0 bridgehead atoms. The number of Topliss-reactive ketones (excluding diaryl/α,β-unsaturated/α-hetero) is 1. The number of benzene rings is 1. The number of nitro benzene ring substituents is 1. The molecule has 1 rings (SSSR count). The molecule has 0 saturated heterocycles. The van der Waals surface area contributed by atoms with Crippen LogP contribution in [-0.4, -0.2) is 16.5 Å². The lowest BCUT2D eigenvalue weighted by molar-refractivity contribution is -0.387. The predicted octanol–water partition coefficient (Wildman–Crippen LogP) is 4.08. The summed E-state index contributed by atoms with van der Waals surface area (Å²) in [5.41, 5.74) is 0.420. The summed E-state index contributed by atoms with van der Waals surface area (Å²) in [5, 5.41) is 11.0. The van der Waals surface area contributed by atoms with Crippen molar-refractivity contribution in [2.24, 2.45) is 0 Å². The molecule has 5 heteroatoms. The van der Waals surface area contributed by atoms with E-state index in [0.717, 1.165) is 25.0 Å². The van der Waals surface area contributed by atoms with Gasteiger partial charge in [-0.3, -0.25) is 14.9 Å². The van der Waals surface area contributed by atoms with E-state index in [4.69, 9.17) is 0 Å². The van der Waals surface area contributed by atoms with Crippen molar-refractivity contribution in [2.45, 2.75) is 38.0 Å². The Kier molecular flexibility index (Phi) is 5.85. The summed E-state index contributed by atoms with van der Waals surface area (Å²) in [6.07, 6.45) is 3.31. The van der Waals surface area contributed by atoms with Crippen molar-refractivity contribution >= 4 is 23.2 Å². The molecule has 1 aromatic carbocycles. The van der Waals surface area contributed by atoms with Gasteiger partial charge in [-0.2, -0.15) is 0 Å². The van der Waals surface area contributed by atoms with Crippen molar-refractivity contribution in [1.29, 1.82) is 0 Å². The van der Waals surface area contributed by atoms with Crippen LogP contribution < -0.4 is 0 Å². The number of carbonyl (C=O) groups is 1. The highest BCUT2D eigenvalue weighted by Crippen LogP contribution is 2.30. The van der Waals surface area contributed by atoms with E-state index >= 15 is 0 Å². The fourth-order valence-electron chi connectivity index (χ4n) is 1.54. The van der Waals surface area contributed by atoms with Crippen molar-refractivity contribution in [3.8, 4) is 0 Å². The lowest BCUT2D eigenvalue weighted by atomic mass is 10.1. The van der Waals surface area contributed by atoms with E-state index < -0.39 is 4.92 Å². The van der Waals surface area contributed by atoms with Gasteiger partial charge >= 0.3 is 0 Å². The Bertz CT molecular complexity index is 446. The number of hydrogen-bond acceptors (Lipinski definition) is 4. The summed E-state index contributed by atoms with van der Waals surface area (Å²) >= 11 is 1.48. The molecule has 4 nitrogen and oxygen atoms in total. The van der Waals surface area contributed by atoms with Gasteiger partial charge in [0.1, 0.15) is 0 Å². The van der Waals surface area contributed by atoms with E-state index in [2.05, 4.69) is 6.92 Å². The highest BCUT2D eigenvalue weighted by molar-refractivity contribution is 7.99. The fraction of sp³-hybridized carbons (Fsp3) is 0.462. The summed E-state index contributed by atoms with van der Waals surface area (Å²) in [5.74, 6) is 0.717. The molecule has 0 spiro atoms. The van der Waals surface area contributed by atoms with Crippen molar-refractivity contribution in [3.05, 3.63) is 33.9 Å². The Morgan fingerprint density at radius 2 is 2.11 bits per heavy atom. The monoisotopic (exact) mass is 267 g/mol. The zero-order valence-electron chi connectivity index (χ0n) is 10.6. The van der Waals surface area contributed by atoms with Gasteiger partial charge in [-0.25, -0.2) is 0 Å². The normalized spacial score (nSPS) is 10.3. The molecule has 0 N–H and O–H groups in total. The summed E-state index contributed by atoms with van der Waals surface area (Å²) < 4.78 is 0. The van der Waals surface area contributed by atoms with Gasteiger partial charge in [0, 0.05) is 11.6 Å². The summed E-state index contributed by atoms with van der Waals surface area (Å²) in [4.78, 5) is 22.4. The smallest absolute Gasteiger partial charge is 0.283 e. The molecule has 0 amide bonds. The Morgan fingerprint density at radius 3 is 2.67 bits per heavy atom. The zero-order chi connectivity index (χ0) is 13.5. The standard InChI is InChI=1S/C13H17NO3S/c1-3-4-5-8-18-13-7-6-11(10(2)15)9-12(13)14(16)17/h6-7,9H,3-5,8H2,1-2H3. The number of ketones is 1.